The van der Waals surface area contributed by atoms with E-state index in [0.717, 1.165) is 0 Å². The van der Waals surface area contributed by atoms with Crippen LogP contribution in [0.3, 0.4) is 0 Å². The Morgan fingerprint density at radius 2 is 1.87 bits per heavy atom. The summed E-state index contributed by atoms with van der Waals surface area (Å²) in [7, 11) is -3.90. The van der Waals surface area contributed by atoms with E-state index in [1.54, 1.807) is 6.92 Å². The molecule has 6 nitrogen and oxygen atoms in total. The number of rotatable bonds is 6. The van der Waals surface area contributed by atoms with Crippen molar-refractivity contribution in [2.75, 3.05) is 11.3 Å². The molecule has 8 heteroatoms. The minimum Gasteiger partial charge on any atom is -0.492 e. The number of carbonyl (C=O) groups is 1. The molecule has 122 valence electrons. The summed E-state index contributed by atoms with van der Waals surface area (Å²) in [6.07, 6.45) is 0. The second-order valence-corrected chi connectivity index (χ2v) is 6.60. The van der Waals surface area contributed by atoms with E-state index in [4.69, 9.17) is 21.4 Å². The lowest BCUT2D eigenvalue weighted by atomic mass is 10.2. The molecule has 0 amide bonds. The molecule has 0 aromatic heterocycles. The Hall–Kier alpha value is -2.25. The third-order valence-electron chi connectivity index (χ3n) is 2.88. The molecule has 0 saturated heterocycles. The van der Waals surface area contributed by atoms with E-state index >= 15 is 0 Å². The fourth-order valence-electron chi connectivity index (χ4n) is 1.86. The molecule has 2 rings (SSSR count). The number of carboxylic acid groups (broad SMARTS) is 1. The molecule has 0 atom stereocenters. The molecule has 2 N–H and O–H groups in total. The van der Waals surface area contributed by atoms with E-state index < -0.39 is 16.0 Å². The number of ether oxygens (including phenoxy) is 1. The van der Waals surface area contributed by atoms with E-state index in [9.17, 15) is 13.2 Å². The number of hydrogen-bond donors (Lipinski definition) is 2. The van der Waals surface area contributed by atoms with Crippen molar-refractivity contribution in [3.8, 4) is 5.75 Å². The molecule has 0 heterocycles. The van der Waals surface area contributed by atoms with Crippen LogP contribution >= 0.6 is 11.6 Å². The number of anilines is 1. The minimum absolute atomic E-state index is 0.0499. The number of carboxylic acids is 1. The van der Waals surface area contributed by atoms with Crippen molar-refractivity contribution in [3.05, 3.63) is 53.1 Å². The van der Waals surface area contributed by atoms with E-state index in [1.165, 1.54) is 42.5 Å². The van der Waals surface area contributed by atoms with Gasteiger partial charge in [-0.3, -0.25) is 4.72 Å². The van der Waals surface area contributed by atoms with Crippen LogP contribution in [0, 0.1) is 0 Å². The average Bonchev–Trinajstić information content (AvgIpc) is 2.47. The Labute approximate surface area is 138 Å². The third kappa shape index (κ3) is 4.14. The first kappa shape index (κ1) is 17.1. The fourth-order valence-corrected chi connectivity index (χ4v) is 3.21. The van der Waals surface area contributed by atoms with Gasteiger partial charge in [0, 0.05) is 16.8 Å². The van der Waals surface area contributed by atoms with Crippen LogP contribution in [0.4, 0.5) is 5.69 Å². The van der Waals surface area contributed by atoms with Gasteiger partial charge in [0.05, 0.1) is 12.2 Å². The lowest BCUT2D eigenvalue weighted by Gasteiger charge is -2.13. The molecule has 0 unspecified atom stereocenters. The Bertz CT molecular complexity index is 818. The zero-order valence-electron chi connectivity index (χ0n) is 12.1. The molecule has 0 aliphatic rings. The number of halogens is 1. The third-order valence-corrected chi connectivity index (χ3v) is 4.54. The number of hydrogen-bond acceptors (Lipinski definition) is 4. The lowest BCUT2D eigenvalue weighted by molar-refractivity contribution is 0.0697. The van der Waals surface area contributed by atoms with Gasteiger partial charge >= 0.3 is 5.97 Å². The SMILES string of the molecule is CCOc1cc(Cl)ccc1S(=O)(=O)Nc1ccc(C(=O)O)cc1. The van der Waals surface area contributed by atoms with Gasteiger partial charge in [-0.15, -0.1) is 0 Å². The van der Waals surface area contributed by atoms with Crippen molar-refractivity contribution in [2.24, 2.45) is 0 Å². The summed E-state index contributed by atoms with van der Waals surface area (Å²) in [4.78, 5) is 10.7. The highest BCUT2D eigenvalue weighted by Gasteiger charge is 2.20. The molecule has 2 aromatic rings. The van der Waals surface area contributed by atoms with Crippen LogP contribution in [0.5, 0.6) is 5.75 Å². The van der Waals surface area contributed by atoms with Gasteiger partial charge in [-0.1, -0.05) is 11.6 Å². The zero-order valence-corrected chi connectivity index (χ0v) is 13.7. The van der Waals surface area contributed by atoms with Crippen molar-refractivity contribution in [1.29, 1.82) is 0 Å². The first-order chi connectivity index (χ1) is 10.8. The van der Waals surface area contributed by atoms with E-state index in [0.29, 0.717) is 5.02 Å². The van der Waals surface area contributed by atoms with Gasteiger partial charge in [0.25, 0.3) is 10.0 Å². The van der Waals surface area contributed by atoms with Crippen LogP contribution in [0.1, 0.15) is 17.3 Å². The summed E-state index contributed by atoms with van der Waals surface area (Å²) >= 11 is 5.86. The van der Waals surface area contributed by atoms with Crippen molar-refractivity contribution in [2.45, 2.75) is 11.8 Å². The molecule has 23 heavy (non-hydrogen) atoms. The van der Waals surface area contributed by atoms with E-state index in [2.05, 4.69) is 4.72 Å². The van der Waals surface area contributed by atoms with Crippen molar-refractivity contribution < 1.29 is 23.1 Å². The predicted octanol–water partition coefficient (Wildman–Crippen LogP) is 3.24. The molecule has 0 aliphatic heterocycles. The monoisotopic (exact) mass is 355 g/mol. The Morgan fingerprint density at radius 1 is 1.22 bits per heavy atom. The molecule has 0 bridgehead atoms. The summed E-state index contributed by atoms with van der Waals surface area (Å²) < 4.78 is 32.6. The maximum absolute atomic E-state index is 12.5. The van der Waals surface area contributed by atoms with Crippen LogP contribution in [0.15, 0.2) is 47.4 Å². The fraction of sp³-hybridized carbons (Fsp3) is 0.133. The maximum Gasteiger partial charge on any atom is 0.335 e. The van der Waals surface area contributed by atoms with Gasteiger partial charge < -0.3 is 9.84 Å². The highest BCUT2D eigenvalue weighted by molar-refractivity contribution is 7.92. The number of benzene rings is 2. The van der Waals surface area contributed by atoms with E-state index in [-0.39, 0.29) is 28.5 Å². The van der Waals surface area contributed by atoms with Crippen molar-refractivity contribution in [1.82, 2.24) is 0 Å². The largest absolute Gasteiger partial charge is 0.492 e. The maximum atomic E-state index is 12.5. The number of aromatic carboxylic acids is 1. The Morgan fingerprint density at radius 3 is 2.43 bits per heavy atom. The molecule has 0 fully saturated rings. The molecule has 0 radical (unpaired) electrons. The topological polar surface area (TPSA) is 92.7 Å². The smallest absolute Gasteiger partial charge is 0.335 e. The van der Waals surface area contributed by atoms with E-state index in [1.807, 2.05) is 0 Å². The van der Waals surface area contributed by atoms with Crippen LogP contribution in [-0.4, -0.2) is 26.1 Å². The lowest BCUT2D eigenvalue weighted by Crippen LogP contribution is -2.14. The molecular weight excluding hydrogens is 342 g/mol. The average molecular weight is 356 g/mol. The molecule has 2 aromatic carbocycles. The molecule has 0 aliphatic carbocycles. The quantitative estimate of drug-likeness (QED) is 0.829. The summed E-state index contributed by atoms with van der Waals surface area (Å²) in [5.41, 5.74) is 0.307. The minimum atomic E-state index is -3.90. The van der Waals surface area contributed by atoms with Gasteiger partial charge in [0.15, 0.2) is 0 Å². The summed E-state index contributed by atoms with van der Waals surface area (Å²) in [6, 6.07) is 9.59. The van der Waals surface area contributed by atoms with Gasteiger partial charge in [0.2, 0.25) is 0 Å². The predicted molar refractivity (Wildman–Crippen MR) is 86.8 cm³/mol. The second-order valence-electron chi connectivity index (χ2n) is 4.51. The Balaban J connectivity index is 2.33. The molecular formula is C15H14ClNO5S. The highest BCUT2D eigenvalue weighted by atomic mass is 35.5. The summed E-state index contributed by atoms with van der Waals surface area (Å²) in [6.45, 7) is 2.02. The summed E-state index contributed by atoms with van der Waals surface area (Å²) in [5.74, 6) is -0.939. The number of nitrogens with one attached hydrogen (secondary N) is 1. The standard InChI is InChI=1S/C15H14ClNO5S/c1-2-22-13-9-11(16)5-8-14(13)23(20,21)17-12-6-3-10(4-7-12)15(18)19/h3-9,17H,2H2,1H3,(H,18,19). The first-order valence-electron chi connectivity index (χ1n) is 6.62. The number of sulfonamides is 1. The van der Waals surface area contributed by atoms with Gasteiger partial charge in [-0.2, -0.15) is 0 Å². The zero-order chi connectivity index (χ0) is 17.0. The normalized spacial score (nSPS) is 11.0. The Kier molecular flexibility index (Phi) is 5.12. The second kappa shape index (κ2) is 6.89. The molecule has 0 saturated carbocycles. The van der Waals surface area contributed by atoms with Crippen molar-refractivity contribution in [3.63, 3.8) is 0 Å². The molecule has 0 spiro atoms. The highest BCUT2D eigenvalue weighted by Crippen LogP contribution is 2.29. The van der Waals surface area contributed by atoms with Crippen LogP contribution < -0.4 is 9.46 Å². The van der Waals surface area contributed by atoms with Crippen LogP contribution in [-0.2, 0) is 10.0 Å². The van der Waals surface area contributed by atoms with Crippen LogP contribution in [0.2, 0.25) is 5.02 Å². The van der Waals surface area contributed by atoms with Crippen LogP contribution in [0.25, 0.3) is 0 Å². The van der Waals surface area contributed by atoms with Gasteiger partial charge in [-0.25, -0.2) is 13.2 Å². The van der Waals surface area contributed by atoms with Crippen molar-refractivity contribution >= 4 is 33.3 Å². The summed E-state index contributed by atoms with van der Waals surface area (Å²) in [5, 5.41) is 9.20. The van der Waals surface area contributed by atoms with Gasteiger partial charge in [-0.05, 0) is 43.3 Å². The van der Waals surface area contributed by atoms with Gasteiger partial charge in [0.1, 0.15) is 10.6 Å². The first-order valence-corrected chi connectivity index (χ1v) is 8.48.